The molecule has 0 aliphatic rings. The Morgan fingerprint density at radius 1 is 1.44 bits per heavy atom. The van der Waals surface area contributed by atoms with Crippen LogP contribution in [-0.2, 0) is 14.5 Å². The topological polar surface area (TPSA) is 81.7 Å². The minimum absolute atomic E-state index is 0.122. The van der Waals surface area contributed by atoms with E-state index < -0.39 is 16.4 Å². The normalized spacial score (nSPS) is 10.9. The van der Waals surface area contributed by atoms with E-state index in [-0.39, 0.29) is 5.75 Å². The van der Waals surface area contributed by atoms with Crippen molar-refractivity contribution in [3.05, 3.63) is 29.3 Å². The lowest BCUT2D eigenvalue weighted by Crippen LogP contribution is -2.33. The summed E-state index contributed by atoms with van der Waals surface area (Å²) in [5, 5.41) is 0.361. The molecular weight excluding hydrogens is 258 g/mol. The van der Waals surface area contributed by atoms with Crippen LogP contribution in [0.25, 0.3) is 0 Å². The Morgan fingerprint density at radius 3 is 2.69 bits per heavy atom. The van der Waals surface area contributed by atoms with Gasteiger partial charge in [0.15, 0.2) is 0 Å². The van der Waals surface area contributed by atoms with Crippen molar-refractivity contribution in [2.45, 2.75) is 0 Å². The number of carbonyl (C=O) groups excluding carboxylic acids is 1. The highest BCUT2D eigenvalue weighted by molar-refractivity contribution is 7.85. The second-order valence-electron chi connectivity index (χ2n) is 2.57. The highest BCUT2D eigenvalue weighted by Gasteiger charge is 2.14. The second-order valence-corrected chi connectivity index (χ2v) is 4.45. The van der Waals surface area contributed by atoms with Gasteiger partial charge >= 0.3 is 16.4 Å². The second kappa shape index (κ2) is 5.15. The molecule has 0 aromatic heterocycles. The van der Waals surface area contributed by atoms with E-state index in [1.807, 2.05) is 0 Å². The summed E-state index contributed by atoms with van der Waals surface area (Å²) < 4.78 is 31.8. The summed E-state index contributed by atoms with van der Waals surface area (Å²) in [5.74, 6) is 0.122. The highest BCUT2D eigenvalue weighted by Crippen LogP contribution is 2.17. The van der Waals surface area contributed by atoms with Gasteiger partial charge in [0, 0.05) is 5.02 Å². The van der Waals surface area contributed by atoms with E-state index in [2.05, 4.69) is 8.92 Å². The van der Waals surface area contributed by atoms with E-state index in [1.54, 1.807) is 12.1 Å². The lowest BCUT2D eigenvalue weighted by Gasteiger charge is -2.05. The fraction of sp³-hybridized carbons (Fsp3) is 0.125. The molecule has 1 amide bonds. The molecule has 16 heavy (non-hydrogen) atoms. The third-order valence-corrected chi connectivity index (χ3v) is 2.52. The van der Waals surface area contributed by atoms with E-state index in [4.69, 9.17) is 11.6 Å². The molecule has 0 fully saturated rings. The SMILES string of the molecule is COS(=O)(=O)NC(=O)Oc1cccc(Cl)c1. The number of rotatable bonds is 3. The minimum atomic E-state index is -4.11. The number of ether oxygens (including phenoxy) is 1. The molecule has 0 unspecified atom stereocenters. The summed E-state index contributed by atoms with van der Waals surface area (Å²) in [6.45, 7) is 0. The third kappa shape index (κ3) is 4.05. The molecule has 0 saturated heterocycles. The Morgan fingerprint density at radius 2 is 2.12 bits per heavy atom. The van der Waals surface area contributed by atoms with Gasteiger partial charge in [-0.15, -0.1) is 0 Å². The quantitative estimate of drug-likeness (QED) is 0.891. The molecule has 0 aliphatic carbocycles. The van der Waals surface area contributed by atoms with Crippen molar-refractivity contribution in [2.75, 3.05) is 7.11 Å². The number of benzene rings is 1. The van der Waals surface area contributed by atoms with Crippen molar-refractivity contribution >= 4 is 28.0 Å². The summed E-state index contributed by atoms with van der Waals surface area (Å²) in [6.07, 6.45) is -1.18. The molecule has 8 heteroatoms. The van der Waals surface area contributed by atoms with Gasteiger partial charge in [-0.3, -0.25) is 4.18 Å². The zero-order chi connectivity index (χ0) is 12.2. The van der Waals surface area contributed by atoms with Crippen LogP contribution >= 0.6 is 11.6 Å². The van der Waals surface area contributed by atoms with Gasteiger partial charge in [0.25, 0.3) is 0 Å². The van der Waals surface area contributed by atoms with Gasteiger partial charge in [0.05, 0.1) is 7.11 Å². The maximum absolute atomic E-state index is 11.1. The Kier molecular flexibility index (Phi) is 4.11. The molecule has 0 atom stereocenters. The first-order chi connectivity index (χ1) is 7.43. The Balaban J connectivity index is 2.66. The van der Waals surface area contributed by atoms with E-state index >= 15 is 0 Å². The molecule has 0 bridgehead atoms. The molecular formula is C8H8ClNO5S. The zero-order valence-corrected chi connectivity index (χ0v) is 9.71. The van der Waals surface area contributed by atoms with Crippen molar-refractivity contribution < 1.29 is 22.1 Å². The van der Waals surface area contributed by atoms with Gasteiger partial charge in [-0.2, -0.15) is 13.1 Å². The van der Waals surface area contributed by atoms with E-state index in [0.29, 0.717) is 5.02 Å². The lowest BCUT2D eigenvalue weighted by atomic mass is 10.3. The number of hydrogen-bond donors (Lipinski definition) is 1. The molecule has 6 nitrogen and oxygen atoms in total. The average Bonchev–Trinajstić information content (AvgIpc) is 2.16. The maximum Gasteiger partial charge on any atom is 0.428 e. The van der Waals surface area contributed by atoms with Crippen molar-refractivity contribution in [1.29, 1.82) is 0 Å². The van der Waals surface area contributed by atoms with Gasteiger partial charge in [-0.25, -0.2) is 4.79 Å². The largest absolute Gasteiger partial charge is 0.428 e. The monoisotopic (exact) mass is 265 g/mol. The van der Waals surface area contributed by atoms with E-state index in [9.17, 15) is 13.2 Å². The van der Waals surface area contributed by atoms with E-state index in [1.165, 1.54) is 16.9 Å². The predicted molar refractivity (Wildman–Crippen MR) is 56.5 cm³/mol. The minimum Gasteiger partial charge on any atom is -0.410 e. The molecule has 1 aromatic rings. The Bertz CT molecular complexity index is 487. The van der Waals surface area contributed by atoms with Crippen molar-refractivity contribution in [3.63, 3.8) is 0 Å². The van der Waals surface area contributed by atoms with E-state index in [0.717, 1.165) is 7.11 Å². The fourth-order valence-electron chi connectivity index (χ4n) is 0.802. The summed E-state index contributed by atoms with van der Waals surface area (Å²) in [7, 11) is -3.19. The molecule has 88 valence electrons. The van der Waals surface area contributed by atoms with Crippen LogP contribution in [0.3, 0.4) is 0 Å². The Labute approximate surface area is 97.4 Å². The van der Waals surface area contributed by atoms with Gasteiger partial charge < -0.3 is 4.74 Å². The predicted octanol–water partition coefficient (Wildman–Crippen LogP) is 1.32. The third-order valence-electron chi connectivity index (χ3n) is 1.43. The number of carbonyl (C=O) groups is 1. The number of amides is 1. The van der Waals surface area contributed by atoms with Crippen LogP contribution in [0.2, 0.25) is 5.02 Å². The maximum atomic E-state index is 11.1. The molecule has 0 heterocycles. The number of halogens is 1. The fourth-order valence-corrected chi connectivity index (χ4v) is 1.31. The van der Waals surface area contributed by atoms with Crippen LogP contribution in [0.4, 0.5) is 4.79 Å². The molecule has 1 aromatic carbocycles. The van der Waals surface area contributed by atoms with Gasteiger partial charge in [-0.1, -0.05) is 17.7 Å². The first-order valence-corrected chi connectivity index (χ1v) is 5.77. The van der Waals surface area contributed by atoms with Crippen LogP contribution in [-0.4, -0.2) is 21.6 Å². The summed E-state index contributed by atoms with van der Waals surface area (Å²) in [6, 6.07) is 5.94. The van der Waals surface area contributed by atoms with Crippen molar-refractivity contribution in [1.82, 2.24) is 4.72 Å². The van der Waals surface area contributed by atoms with Crippen LogP contribution < -0.4 is 9.46 Å². The average molecular weight is 266 g/mol. The van der Waals surface area contributed by atoms with Crippen LogP contribution in [0.1, 0.15) is 0 Å². The van der Waals surface area contributed by atoms with Crippen LogP contribution in [0, 0.1) is 0 Å². The van der Waals surface area contributed by atoms with Crippen molar-refractivity contribution in [3.8, 4) is 5.75 Å². The van der Waals surface area contributed by atoms with Gasteiger partial charge in [0.1, 0.15) is 5.75 Å². The molecule has 0 saturated carbocycles. The molecule has 1 N–H and O–H groups in total. The molecule has 0 spiro atoms. The van der Waals surface area contributed by atoms with Crippen molar-refractivity contribution in [2.24, 2.45) is 0 Å². The summed E-state index contributed by atoms with van der Waals surface area (Å²) >= 11 is 5.63. The van der Waals surface area contributed by atoms with Gasteiger partial charge in [0.2, 0.25) is 0 Å². The standard InChI is InChI=1S/C8H8ClNO5S/c1-14-16(12,13)10-8(11)15-7-4-2-3-6(9)5-7/h2-5H,1H3,(H,10,11). The molecule has 0 aliphatic heterocycles. The Hall–Kier alpha value is -1.31. The first-order valence-electron chi connectivity index (χ1n) is 3.99. The highest BCUT2D eigenvalue weighted by atomic mass is 35.5. The lowest BCUT2D eigenvalue weighted by molar-refractivity contribution is 0.205. The number of hydrogen-bond acceptors (Lipinski definition) is 5. The van der Waals surface area contributed by atoms with Crippen LogP contribution in [0.5, 0.6) is 5.75 Å². The molecule has 0 radical (unpaired) electrons. The zero-order valence-electron chi connectivity index (χ0n) is 8.14. The summed E-state index contributed by atoms with van der Waals surface area (Å²) in [5.41, 5.74) is 0. The number of nitrogens with one attached hydrogen (secondary N) is 1. The molecule has 1 rings (SSSR count). The van der Waals surface area contributed by atoms with Gasteiger partial charge in [-0.05, 0) is 18.2 Å². The smallest absolute Gasteiger partial charge is 0.410 e. The first kappa shape index (κ1) is 12.8. The van der Waals surface area contributed by atoms with Crippen LogP contribution in [0.15, 0.2) is 24.3 Å². The summed E-state index contributed by atoms with van der Waals surface area (Å²) in [4.78, 5) is 11.1.